The van der Waals surface area contributed by atoms with Crippen LogP contribution < -0.4 is 0 Å². The standard InChI is InChI=1S/C55H38N2/c1-4-16-39(17-5-1)55(40-18-6-2-7-19-40)49-25-13-10-22-43(49)46-36-42(30-31-50(46)55)57-52-27-15-12-24-45(52)48-35-38(29-33-54(48)57)37-28-32-53-47(34-37)44-23-11-14-26-51(44)56(53)41-20-8-3-9-21-41/h1-36,43,49H. The van der Waals surface area contributed by atoms with Crippen molar-refractivity contribution in [3.63, 3.8) is 0 Å². The molecule has 0 bridgehead atoms. The van der Waals surface area contributed by atoms with E-state index in [0.29, 0.717) is 0 Å². The first-order chi connectivity index (χ1) is 28.3. The predicted molar refractivity (Wildman–Crippen MR) is 238 cm³/mol. The van der Waals surface area contributed by atoms with Crippen molar-refractivity contribution in [3.05, 3.63) is 241 Å². The molecule has 0 radical (unpaired) electrons. The van der Waals surface area contributed by atoms with Gasteiger partial charge in [0.25, 0.3) is 0 Å². The quantitative estimate of drug-likeness (QED) is 0.167. The minimum atomic E-state index is -0.299. The number of hydrogen-bond acceptors (Lipinski definition) is 0. The normalized spacial score (nSPS) is 16.8. The lowest BCUT2D eigenvalue weighted by Crippen LogP contribution is -2.34. The van der Waals surface area contributed by atoms with Crippen LogP contribution in [0.2, 0.25) is 0 Å². The molecule has 0 saturated heterocycles. The van der Waals surface area contributed by atoms with Crippen molar-refractivity contribution < 1.29 is 0 Å². The van der Waals surface area contributed by atoms with Gasteiger partial charge in [0.1, 0.15) is 0 Å². The summed E-state index contributed by atoms with van der Waals surface area (Å²) in [4.78, 5) is 0. The van der Waals surface area contributed by atoms with Crippen LogP contribution in [0.4, 0.5) is 0 Å². The minimum absolute atomic E-state index is 0.257. The van der Waals surface area contributed by atoms with Crippen molar-refractivity contribution in [2.45, 2.75) is 11.3 Å². The number of allylic oxidation sites excluding steroid dienone is 4. The average molecular weight is 727 g/mol. The molecule has 0 amide bonds. The van der Waals surface area contributed by atoms with Gasteiger partial charge in [-0.25, -0.2) is 0 Å². The molecule has 12 rings (SSSR count). The highest BCUT2D eigenvalue weighted by molar-refractivity contribution is 6.12. The third-order valence-corrected chi connectivity index (χ3v) is 12.9. The van der Waals surface area contributed by atoms with Gasteiger partial charge in [-0.2, -0.15) is 0 Å². The fourth-order valence-electron chi connectivity index (χ4n) is 10.5. The highest BCUT2D eigenvalue weighted by atomic mass is 15.0. The molecule has 10 aromatic rings. The highest BCUT2D eigenvalue weighted by Gasteiger charge is 2.52. The Kier molecular flexibility index (Phi) is 7.00. The van der Waals surface area contributed by atoms with Crippen molar-refractivity contribution in [1.29, 1.82) is 0 Å². The van der Waals surface area contributed by atoms with E-state index in [1.165, 1.54) is 88.4 Å². The number of para-hydroxylation sites is 3. The van der Waals surface area contributed by atoms with Gasteiger partial charge in [-0.05, 0) is 94.0 Å². The van der Waals surface area contributed by atoms with E-state index < -0.39 is 0 Å². The third-order valence-electron chi connectivity index (χ3n) is 12.9. The number of benzene rings is 8. The highest BCUT2D eigenvalue weighted by Crippen LogP contribution is 2.59. The number of hydrogen-bond donors (Lipinski definition) is 0. The van der Waals surface area contributed by atoms with Crippen LogP contribution in [0.3, 0.4) is 0 Å². The molecule has 57 heavy (non-hydrogen) atoms. The van der Waals surface area contributed by atoms with E-state index in [2.05, 4.69) is 228 Å². The summed E-state index contributed by atoms with van der Waals surface area (Å²) in [5.74, 6) is 0.519. The van der Waals surface area contributed by atoms with Crippen molar-refractivity contribution >= 4 is 43.6 Å². The van der Waals surface area contributed by atoms with Gasteiger partial charge in [-0.15, -0.1) is 0 Å². The SMILES string of the molecule is C1=CC2c3cc(-n4c5ccccc5c5cc(-c6ccc7c(c6)c6ccccc6n7-c6ccccc6)ccc54)ccc3C(c3ccccc3)(c3ccccc3)C2C=C1. The molecule has 2 unspecified atom stereocenters. The maximum atomic E-state index is 2.49. The van der Waals surface area contributed by atoms with Crippen LogP contribution in [-0.4, -0.2) is 9.13 Å². The number of nitrogens with zero attached hydrogens (tertiary/aromatic N) is 2. The predicted octanol–water partition coefficient (Wildman–Crippen LogP) is 13.7. The fourth-order valence-corrected chi connectivity index (χ4v) is 10.5. The number of fused-ring (bicyclic) bond motifs is 9. The lowest BCUT2D eigenvalue weighted by Gasteiger charge is -2.38. The Labute approximate surface area is 331 Å². The third kappa shape index (κ3) is 4.59. The molecule has 0 aliphatic heterocycles. The van der Waals surface area contributed by atoms with E-state index in [1.54, 1.807) is 0 Å². The summed E-state index contributed by atoms with van der Waals surface area (Å²) in [7, 11) is 0. The van der Waals surface area contributed by atoms with Crippen molar-refractivity contribution in [3.8, 4) is 22.5 Å². The Morgan fingerprint density at radius 1 is 0.368 bits per heavy atom. The Morgan fingerprint density at radius 3 is 1.46 bits per heavy atom. The topological polar surface area (TPSA) is 9.86 Å². The van der Waals surface area contributed by atoms with E-state index in [1.807, 2.05) is 0 Å². The van der Waals surface area contributed by atoms with Crippen LogP contribution in [0.5, 0.6) is 0 Å². The van der Waals surface area contributed by atoms with Gasteiger partial charge >= 0.3 is 0 Å². The molecule has 2 aromatic heterocycles. The van der Waals surface area contributed by atoms with E-state index in [-0.39, 0.29) is 17.3 Å². The smallest absolute Gasteiger partial charge is 0.0541 e. The maximum Gasteiger partial charge on any atom is 0.0541 e. The summed E-state index contributed by atoms with van der Waals surface area (Å²) < 4.78 is 4.86. The van der Waals surface area contributed by atoms with Crippen LogP contribution >= 0.6 is 0 Å². The van der Waals surface area contributed by atoms with Gasteiger partial charge in [0, 0.05) is 44.8 Å². The first kappa shape index (κ1) is 32.1. The van der Waals surface area contributed by atoms with Gasteiger partial charge < -0.3 is 9.13 Å². The monoisotopic (exact) mass is 726 g/mol. The molecule has 2 aliphatic carbocycles. The van der Waals surface area contributed by atoms with Crippen LogP contribution in [0.25, 0.3) is 66.1 Å². The second kappa shape index (κ2) is 12.4. The summed E-state index contributed by atoms with van der Waals surface area (Å²) in [6, 6.07) is 71.9. The van der Waals surface area contributed by atoms with Crippen LogP contribution in [0.1, 0.15) is 28.2 Å². The van der Waals surface area contributed by atoms with Crippen LogP contribution in [-0.2, 0) is 5.41 Å². The zero-order valence-electron chi connectivity index (χ0n) is 31.3. The second-order valence-electron chi connectivity index (χ2n) is 15.6. The van der Waals surface area contributed by atoms with Gasteiger partial charge in [0.15, 0.2) is 0 Å². The van der Waals surface area contributed by atoms with E-state index >= 15 is 0 Å². The van der Waals surface area contributed by atoms with E-state index in [0.717, 1.165) is 0 Å². The summed E-state index contributed by atoms with van der Waals surface area (Å²) in [6.07, 6.45) is 9.36. The summed E-state index contributed by atoms with van der Waals surface area (Å²) in [6.45, 7) is 0. The van der Waals surface area contributed by atoms with Crippen LogP contribution in [0.15, 0.2) is 218 Å². The van der Waals surface area contributed by atoms with E-state index in [4.69, 9.17) is 0 Å². The van der Waals surface area contributed by atoms with Gasteiger partial charge in [-0.1, -0.05) is 158 Å². The number of aromatic nitrogens is 2. The second-order valence-corrected chi connectivity index (χ2v) is 15.6. The molecule has 2 nitrogen and oxygen atoms in total. The van der Waals surface area contributed by atoms with Gasteiger partial charge in [-0.3, -0.25) is 0 Å². The summed E-state index contributed by atoms with van der Waals surface area (Å²) in [5, 5.41) is 5.05. The molecule has 0 N–H and O–H groups in total. The molecular weight excluding hydrogens is 689 g/mol. The van der Waals surface area contributed by atoms with Gasteiger partial charge in [0.05, 0.1) is 27.5 Å². The fraction of sp³-hybridized carbons (Fsp3) is 0.0545. The molecule has 2 atom stereocenters. The molecule has 0 spiro atoms. The van der Waals surface area contributed by atoms with Crippen LogP contribution in [0, 0.1) is 5.92 Å². The van der Waals surface area contributed by atoms with Crippen molar-refractivity contribution in [2.75, 3.05) is 0 Å². The summed E-state index contributed by atoms with van der Waals surface area (Å²) in [5.41, 5.74) is 14.8. The Hall–Kier alpha value is -7.16. The first-order valence-corrected chi connectivity index (χ1v) is 20.0. The lowest BCUT2D eigenvalue weighted by molar-refractivity contribution is 0.456. The first-order valence-electron chi connectivity index (χ1n) is 20.0. The van der Waals surface area contributed by atoms with Crippen molar-refractivity contribution in [1.82, 2.24) is 9.13 Å². The minimum Gasteiger partial charge on any atom is -0.309 e. The molecule has 8 aromatic carbocycles. The zero-order valence-corrected chi connectivity index (χ0v) is 31.3. The van der Waals surface area contributed by atoms with E-state index in [9.17, 15) is 0 Å². The Balaban J connectivity index is 1.03. The maximum absolute atomic E-state index is 2.49. The molecule has 0 fully saturated rings. The number of rotatable bonds is 5. The molecule has 0 saturated carbocycles. The lowest BCUT2D eigenvalue weighted by atomic mass is 9.63. The molecule has 2 heterocycles. The average Bonchev–Trinajstić information content (AvgIpc) is 3.91. The Morgan fingerprint density at radius 2 is 0.860 bits per heavy atom. The largest absolute Gasteiger partial charge is 0.309 e. The molecule has 268 valence electrons. The molecular formula is C55H38N2. The zero-order chi connectivity index (χ0) is 37.5. The Bertz CT molecular complexity index is 3200. The van der Waals surface area contributed by atoms with Crippen molar-refractivity contribution in [2.24, 2.45) is 5.92 Å². The molecule has 2 aliphatic rings. The molecule has 2 heteroatoms. The summed E-state index contributed by atoms with van der Waals surface area (Å²) >= 11 is 0. The van der Waals surface area contributed by atoms with Gasteiger partial charge in [0.2, 0.25) is 0 Å².